The monoisotopic (exact) mass is 641 g/mol. The van der Waals surface area contributed by atoms with Gasteiger partial charge in [-0.1, -0.05) is 37.1 Å². The van der Waals surface area contributed by atoms with Crippen LogP contribution in [0.4, 0.5) is 13.2 Å². The van der Waals surface area contributed by atoms with Gasteiger partial charge in [-0.3, -0.25) is 4.68 Å². The zero-order chi connectivity index (χ0) is 32.1. The highest BCUT2D eigenvalue weighted by molar-refractivity contribution is 7.89. The predicted molar refractivity (Wildman–Crippen MR) is 160 cm³/mol. The number of benzene rings is 2. The quantitative estimate of drug-likeness (QED) is 0.235. The van der Waals surface area contributed by atoms with E-state index in [-0.39, 0.29) is 53.3 Å². The number of unbranched alkanes of at least 4 members (excludes halogenated alkanes) is 1. The highest BCUT2D eigenvalue weighted by Crippen LogP contribution is 2.55. The molecule has 1 fully saturated rings. The van der Waals surface area contributed by atoms with Crippen LogP contribution in [0.5, 0.6) is 0 Å². The molecule has 238 valence electrons. The minimum atomic E-state index is -4.57. The van der Waals surface area contributed by atoms with Crippen LogP contribution in [0.25, 0.3) is 5.69 Å². The maximum Gasteiger partial charge on any atom is 0.416 e. The van der Waals surface area contributed by atoms with E-state index in [9.17, 15) is 31.5 Å². The van der Waals surface area contributed by atoms with Gasteiger partial charge in [0.05, 0.1) is 21.7 Å². The Balaban J connectivity index is 1.33. The topological polar surface area (TPSA) is 110 Å². The molecule has 2 aliphatic rings. The Labute approximate surface area is 259 Å². The van der Waals surface area contributed by atoms with E-state index in [0.29, 0.717) is 23.4 Å². The molecule has 1 saturated carbocycles. The third kappa shape index (κ3) is 6.15. The normalized spacial score (nSPS) is 21.3. The number of carboxylic acids is 1. The highest BCUT2D eigenvalue weighted by Gasteiger charge is 2.45. The molecule has 0 saturated heterocycles. The SMILES string of the molecule is CCCC[C@H]1Cc2cc(C(F)(F)F)ccc2S(=O)(=O)N(Cc2cccc(-n3ccc(C(=O)O)c3[C@@H]3C[C@H]3c3cn(C)nn3)c2)C1. The standard InChI is InChI=1S/C32H34F3N5O4S/c1-3-4-6-20-13-22-15-23(32(33,34)35)9-10-29(22)45(43,44)39(17-20)18-21-7-5-8-24(14-21)40-12-11-25(31(41)42)30(40)27-16-26(27)28-19-38(2)37-36-28/h5,7-12,14-15,19-20,26-27H,3-4,6,13,16-18H2,1-2H3,(H,41,42)/t20-,26+,27+/m0/s1. The molecule has 6 rings (SSSR count). The number of aromatic carboxylic acids is 1. The lowest BCUT2D eigenvalue weighted by Crippen LogP contribution is -2.33. The lowest BCUT2D eigenvalue weighted by Gasteiger charge is -2.24. The molecule has 1 N–H and O–H groups in total. The maximum absolute atomic E-state index is 13.9. The van der Waals surface area contributed by atoms with E-state index < -0.39 is 27.7 Å². The molecule has 1 aliphatic heterocycles. The second-order valence-corrected chi connectivity index (χ2v) is 14.0. The Morgan fingerprint density at radius 1 is 1.11 bits per heavy atom. The van der Waals surface area contributed by atoms with Crippen LogP contribution in [-0.4, -0.2) is 49.9 Å². The number of carboxylic acid groups (broad SMARTS) is 1. The fourth-order valence-electron chi connectivity index (χ4n) is 6.50. The number of sulfonamides is 1. The number of halogens is 3. The van der Waals surface area contributed by atoms with E-state index in [1.54, 1.807) is 36.1 Å². The molecule has 1 aliphatic carbocycles. The van der Waals surface area contributed by atoms with Crippen molar-refractivity contribution in [1.29, 1.82) is 0 Å². The maximum atomic E-state index is 13.9. The van der Waals surface area contributed by atoms with Crippen molar-refractivity contribution in [3.8, 4) is 5.69 Å². The number of hydrogen-bond acceptors (Lipinski definition) is 5. The van der Waals surface area contributed by atoms with E-state index in [0.717, 1.165) is 43.2 Å². The molecule has 0 unspecified atom stereocenters. The Morgan fingerprint density at radius 2 is 1.91 bits per heavy atom. The molecule has 9 nitrogen and oxygen atoms in total. The predicted octanol–water partition coefficient (Wildman–Crippen LogP) is 6.15. The van der Waals surface area contributed by atoms with Crippen molar-refractivity contribution in [2.45, 2.75) is 68.5 Å². The fraction of sp³-hybridized carbons (Fsp3) is 0.406. The van der Waals surface area contributed by atoms with Crippen molar-refractivity contribution < 1.29 is 31.5 Å². The molecule has 2 aromatic carbocycles. The number of aromatic nitrogens is 4. The van der Waals surface area contributed by atoms with Crippen LogP contribution in [0.15, 0.2) is 65.8 Å². The largest absolute Gasteiger partial charge is 0.478 e. The number of fused-ring (bicyclic) bond motifs is 1. The Morgan fingerprint density at radius 3 is 2.60 bits per heavy atom. The molecular formula is C32H34F3N5O4S. The second kappa shape index (κ2) is 11.8. The van der Waals surface area contributed by atoms with Gasteiger partial charge in [-0.15, -0.1) is 5.10 Å². The second-order valence-electron chi connectivity index (χ2n) is 12.1. The zero-order valence-corrected chi connectivity index (χ0v) is 25.7. The average molecular weight is 642 g/mol. The Bertz CT molecular complexity index is 1850. The van der Waals surface area contributed by atoms with Crippen LogP contribution in [0.2, 0.25) is 0 Å². The van der Waals surface area contributed by atoms with Gasteiger partial charge in [0.2, 0.25) is 10.0 Å². The van der Waals surface area contributed by atoms with E-state index in [4.69, 9.17) is 0 Å². The van der Waals surface area contributed by atoms with Crippen LogP contribution in [0.1, 0.15) is 82.9 Å². The van der Waals surface area contributed by atoms with E-state index >= 15 is 0 Å². The van der Waals surface area contributed by atoms with Crippen molar-refractivity contribution in [3.05, 3.63) is 94.6 Å². The molecule has 0 amide bonds. The summed E-state index contributed by atoms with van der Waals surface area (Å²) in [6.07, 6.45) is 2.35. The first-order chi connectivity index (χ1) is 21.4. The summed E-state index contributed by atoms with van der Waals surface area (Å²) < 4.78 is 73.3. The first kappa shape index (κ1) is 31.0. The van der Waals surface area contributed by atoms with Gasteiger partial charge in [0.25, 0.3) is 0 Å². The third-order valence-corrected chi connectivity index (χ3v) is 10.7. The van der Waals surface area contributed by atoms with Crippen molar-refractivity contribution in [1.82, 2.24) is 23.9 Å². The minimum absolute atomic E-state index is 0.0211. The molecule has 3 heterocycles. The van der Waals surface area contributed by atoms with Gasteiger partial charge in [0.1, 0.15) is 0 Å². The van der Waals surface area contributed by atoms with Crippen LogP contribution in [-0.2, 0) is 36.2 Å². The molecule has 0 spiro atoms. The fourth-order valence-corrected chi connectivity index (χ4v) is 8.22. The lowest BCUT2D eigenvalue weighted by molar-refractivity contribution is -0.137. The summed E-state index contributed by atoms with van der Waals surface area (Å²) in [7, 11) is -2.33. The Hall–Kier alpha value is -3.97. The van der Waals surface area contributed by atoms with Crippen LogP contribution >= 0.6 is 0 Å². The van der Waals surface area contributed by atoms with E-state index in [1.807, 2.05) is 29.8 Å². The van der Waals surface area contributed by atoms with Gasteiger partial charge in [-0.25, -0.2) is 13.2 Å². The minimum Gasteiger partial charge on any atom is -0.478 e. The molecule has 3 atom stereocenters. The number of carbonyl (C=O) groups is 1. The van der Waals surface area contributed by atoms with Gasteiger partial charge in [0.15, 0.2) is 0 Å². The summed E-state index contributed by atoms with van der Waals surface area (Å²) in [5.41, 5.74) is 2.34. The average Bonchev–Trinajstić information content (AvgIpc) is 3.46. The summed E-state index contributed by atoms with van der Waals surface area (Å²) in [5.74, 6) is -1.22. The van der Waals surface area contributed by atoms with Crippen LogP contribution in [0, 0.1) is 5.92 Å². The molecule has 0 radical (unpaired) electrons. The summed E-state index contributed by atoms with van der Waals surface area (Å²) >= 11 is 0. The summed E-state index contributed by atoms with van der Waals surface area (Å²) in [6, 6.07) is 11.8. The number of nitrogens with zero attached hydrogens (tertiary/aromatic N) is 5. The summed E-state index contributed by atoms with van der Waals surface area (Å²) in [6.45, 7) is 2.23. The van der Waals surface area contributed by atoms with Crippen molar-refractivity contribution >= 4 is 16.0 Å². The van der Waals surface area contributed by atoms with Crippen molar-refractivity contribution in [3.63, 3.8) is 0 Å². The Kier molecular flexibility index (Phi) is 8.10. The highest BCUT2D eigenvalue weighted by atomic mass is 32.2. The van der Waals surface area contributed by atoms with Gasteiger partial charge >= 0.3 is 12.1 Å². The summed E-state index contributed by atoms with van der Waals surface area (Å²) in [5, 5.41) is 18.2. The molecule has 0 bridgehead atoms. The van der Waals surface area contributed by atoms with Gasteiger partial charge < -0.3 is 9.67 Å². The first-order valence-electron chi connectivity index (χ1n) is 15.0. The van der Waals surface area contributed by atoms with Gasteiger partial charge in [-0.2, -0.15) is 17.5 Å². The van der Waals surface area contributed by atoms with Crippen LogP contribution in [0.3, 0.4) is 0 Å². The molecule has 4 aromatic rings. The first-order valence-corrected chi connectivity index (χ1v) is 16.4. The molecule has 2 aromatic heterocycles. The van der Waals surface area contributed by atoms with Gasteiger partial charge in [-0.05, 0) is 72.7 Å². The van der Waals surface area contributed by atoms with E-state index in [1.165, 1.54) is 4.31 Å². The van der Waals surface area contributed by atoms with Crippen molar-refractivity contribution in [2.24, 2.45) is 13.0 Å². The molecular weight excluding hydrogens is 607 g/mol. The van der Waals surface area contributed by atoms with Crippen LogP contribution < -0.4 is 0 Å². The van der Waals surface area contributed by atoms with Crippen molar-refractivity contribution in [2.75, 3.05) is 6.54 Å². The zero-order valence-electron chi connectivity index (χ0n) is 24.9. The summed E-state index contributed by atoms with van der Waals surface area (Å²) in [4.78, 5) is 12.1. The number of alkyl halides is 3. The molecule has 13 heteroatoms. The smallest absolute Gasteiger partial charge is 0.416 e. The number of rotatable bonds is 9. The number of hydrogen-bond donors (Lipinski definition) is 1. The van der Waals surface area contributed by atoms with Gasteiger partial charge in [0, 0.05) is 55.7 Å². The molecule has 45 heavy (non-hydrogen) atoms. The third-order valence-electron chi connectivity index (χ3n) is 8.79. The lowest BCUT2D eigenvalue weighted by atomic mass is 9.93. The van der Waals surface area contributed by atoms with E-state index in [2.05, 4.69) is 10.3 Å². The number of aryl methyl sites for hydroxylation is 1.